The number of ether oxygens (including phenoxy) is 2. The summed E-state index contributed by atoms with van der Waals surface area (Å²) in [4.78, 5) is 26.0. The molecule has 0 radical (unpaired) electrons. The molecule has 4 rings (SSSR count). The average molecular weight is 317 g/mol. The number of benzene rings is 1. The van der Waals surface area contributed by atoms with Gasteiger partial charge in [-0.05, 0) is 36.5 Å². The molecular weight excluding hydrogens is 298 g/mol. The van der Waals surface area contributed by atoms with Crippen LogP contribution in [0.1, 0.15) is 24.8 Å². The molecule has 2 heterocycles. The Morgan fingerprint density at radius 3 is 2.91 bits per heavy atom. The molecule has 1 aliphatic carbocycles. The third kappa shape index (κ3) is 2.24. The van der Waals surface area contributed by atoms with Gasteiger partial charge in [0.25, 0.3) is 0 Å². The summed E-state index contributed by atoms with van der Waals surface area (Å²) in [6.45, 7) is 1.12. The Labute approximate surface area is 134 Å². The van der Waals surface area contributed by atoms with Crippen LogP contribution in [0.3, 0.4) is 0 Å². The van der Waals surface area contributed by atoms with Crippen LogP contribution >= 0.6 is 0 Å². The summed E-state index contributed by atoms with van der Waals surface area (Å²) < 4.78 is 10.6. The third-order valence-corrected chi connectivity index (χ3v) is 5.44. The first-order valence-corrected chi connectivity index (χ1v) is 7.98. The first kappa shape index (κ1) is 14.4. The molecule has 1 N–H and O–H groups in total. The Morgan fingerprint density at radius 2 is 2.13 bits per heavy atom. The summed E-state index contributed by atoms with van der Waals surface area (Å²) >= 11 is 0. The largest absolute Gasteiger partial charge is 0.481 e. The van der Waals surface area contributed by atoms with Gasteiger partial charge in [-0.3, -0.25) is 9.59 Å². The maximum absolute atomic E-state index is 12.6. The molecule has 2 atom stereocenters. The van der Waals surface area contributed by atoms with E-state index >= 15 is 0 Å². The Morgan fingerprint density at radius 1 is 1.30 bits per heavy atom. The van der Waals surface area contributed by atoms with E-state index in [-0.39, 0.29) is 25.0 Å². The van der Waals surface area contributed by atoms with Crippen molar-refractivity contribution in [2.45, 2.75) is 25.7 Å². The van der Waals surface area contributed by atoms with E-state index < -0.39 is 11.4 Å². The van der Waals surface area contributed by atoms with Crippen molar-refractivity contribution in [1.29, 1.82) is 0 Å². The summed E-state index contributed by atoms with van der Waals surface area (Å²) in [5, 5.41) is 9.60. The zero-order valence-electron chi connectivity index (χ0n) is 12.8. The van der Waals surface area contributed by atoms with Gasteiger partial charge in [-0.2, -0.15) is 0 Å². The number of nitrogens with zero attached hydrogens (tertiary/aromatic N) is 1. The van der Waals surface area contributed by atoms with Crippen LogP contribution in [0.15, 0.2) is 18.2 Å². The molecule has 122 valence electrons. The van der Waals surface area contributed by atoms with Crippen molar-refractivity contribution in [2.24, 2.45) is 11.3 Å². The number of carbonyl (C=O) groups is 2. The number of carboxylic acids is 1. The molecule has 0 aromatic heterocycles. The zero-order valence-corrected chi connectivity index (χ0v) is 12.8. The van der Waals surface area contributed by atoms with Gasteiger partial charge in [0, 0.05) is 13.1 Å². The molecule has 0 spiro atoms. The number of amides is 1. The molecule has 23 heavy (non-hydrogen) atoms. The first-order chi connectivity index (χ1) is 11.1. The highest BCUT2D eigenvalue weighted by molar-refractivity contribution is 5.83. The van der Waals surface area contributed by atoms with E-state index in [9.17, 15) is 14.7 Å². The highest BCUT2D eigenvalue weighted by Gasteiger charge is 2.55. The second kappa shape index (κ2) is 5.15. The van der Waals surface area contributed by atoms with Crippen molar-refractivity contribution in [3.8, 4) is 11.5 Å². The van der Waals surface area contributed by atoms with E-state index in [2.05, 4.69) is 0 Å². The summed E-state index contributed by atoms with van der Waals surface area (Å²) in [7, 11) is 0. The van der Waals surface area contributed by atoms with Crippen LogP contribution in [0, 0.1) is 11.3 Å². The molecule has 3 aliphatic rings. The van der Waals surface area contributed by atoms with Gasteiger partial charge in [0.05, 0.1) is 11.8 Å². The van der Waals surface area contributed by atoms with Gasteiger partial charge in [0.1, 0.15) is 0 Å². The number of likely N-dealkylation sites (tertiary alicyclic amines) is 1. The topological polar surface area (TPSA) is 76.1 Å². The first-order valence-electron chi connectivity index (χ1n) is 7.98. The van der Waals surface area contributed by atoms with E-state index in [0.29, 0.717) is 31.0 Å². The fraction of sp³-hybridized carbons (Fsp3) is 0.529. The maximum atomic E-state index is 12.6. The lowest BCUT2D eigenvalue weighted by Crippen LogP contribution is -2.37. The van der Waals surface area contributed by atoms with Crippen molar-refractivity contribution in [3.05, 3.63) is 23.8 Å². The summed E-state index contributed by atoms with van der Waals surface area (Å²) in [6.07, 6.45) is 2.79. The van der Waals surface area contributed by atoms with Gasteiger partial charge in [0.15, 0.2) is 11.5 Å². The summed E-state index contributed by atoms with van der Waals surface area (Å²) in [5.74, 6) is 0.690. The Bertz CT molecular complexity index is 673. The molecule has 0 unspecified atom stereocenters. The Kier molecular flexibility index (Phi) is 3.21. The van der Waals surface area contributed by atoms with Gasteiger partial charge in [-0.25, -0.2) is 0 Å². The molecule has 1 saturated carbocycles. The SMILES string of the molecule is O=C(Cc1ccc2c(c1)OCO2)N1C[C@@H]2CCC[C@@]2(C(=O)O)C1. The highest BCUT2D eigenvalue weighted by Crippen LogP contribution is 2.49. The fourth-order valence-corrected chi connectivity index (χ4v) is 4.17. The molecule has 6 heteroatoms. The number of hydrogen-bond acceptors (Lipinski definition) is 4. The van der Waals surface area contributed by atoms with Crippen molar-refractivity contribution in [1.82, 2.24) is 4.90 Å². The van der Waals surface area contributed by atoms with Crippen molar-refractivity contribution in [3.63, 3.8) is 0 Å². The molecule has 1 aromatic rings. The monoisotopic (exact) mass is 317 g/mol. The van der Waals surface area contributed by atoms with Gasteiger partial charge < -0.3 is 19.5 Å². The minimum Gasteiger partial charge on any atom is -0.481 e. The molecule has 2 fully saturated rings. The number of fused-ring (bicyclic) bond motifs is 2. The van der Waals surface area contributed by atoms with Crippen molar-refractivity contribution >= 4 is 11.9 Å². The van der Waals surface area contributed by atoms with Crippen LogP contribution in [0.5, 0.6) is 11.5 Å². The lowest BCUT2D eigenvalue weighted by atomic mass is 9.81. The second-order valence-corrected chi connectivity index (χ2v) is 6.69. The van der Waals surface area contributed by atoms with Crippen LogP contribution in [-0.4, -0.2) is 41.8 Å². The van der Waals surface area contributed by atoms with Crippen LogP contribution < -0.4 is 9.47 Å². The summed E-state index contributed by atoms with van der Waals surface area (Å²) in [6, 6.07) is 5.49. The quantitative estimate of drug-likeness (QED) is 0.918. The third-order valence-electron chi connectivity index (χ3n) is 5.44. The minimum absolute atomic E-state index is 0.0149. The molecule has 1 aromatic carbocycles. The number of rotatable bonds is 3. The molecule has 1 amide bonds. The predicted octanol–water partition coefficient (Wildman–Crippen LogP) is 1.67. The van der Waals surface area contributed by atoms with E-state index in [1.807, 2.05) is 18.2 Å². The van der Waals surface area contributed by atoms with Crippen molar-refractivity contribution < 1.29 is 24.2 Å². The number of aliphatic carboxylic acids is 1. The Hall–Kier alpha value is -2.24. The van der Waals surface area contributed by atoms with E-state index in [1.54, 1.807) is 4.90 Å². The standard InChI is InChI=1S/C17H19NO5/c19-15(7-11-3-4-13-14(6-11)23-10-22-13)18-8-12-2-1-5-17(12,9-18)16(20)21/h3-4,6,12H,1-2,5,7-10H2,(H,20,21)/t12-,17+/m0/s1. The van der Waals surface area contributed by atoms with Gasteiger partial charge in [-0.15, -0.1) is 0 Å². The Balaban J connectivity index is 1.47. The van der Waals surface area contributed by atoms with E-state index in [1.165, 1.54) is 0 Å². The predicted molar refractivity (Wildman–Crippen MR) is 80.3 cm³/mol. The number of hydrogen-bond donors (Lipinski definition) is 1. The van der Waals surface area contributed by atoms with E-state index in [4.69, 9.17) is 9.47 Å². The fourth-order valence-electron chi connectivity index (χ4n) is 4.17. The van der Waals surface area contributed by atoms with Crippen LogP contribution in [0.25, 0.3) is 0 Å². The van der Waals surface area contributed by atoms with Crippen molar-refractivity contribution in [2.75, 3.05) is 19.9 Å². The normalized spacial score (nSPS) is 28.0. The smallest absolute Gasteiger partial charge is 0.311 e. The van der Waals surface area contributed by atoms with Gasteiger partial charge in [-0.1, -0.05) is 12.5 Å². The summed E-state index contributed by atoms with van der Waals surface area (Å²) in [5.41, 5.74) is 0.144. The lowest BCUT2D eigenvalue weighted by molar-refractivity contribution is -0.149. The van der Waals surface area contributed by atoms with Crippen LogP contribution in [0.2, 0.25) is 0 Å². The van der Waals surface area contributed by atoms with Crippen LogP contribution in [-0.2, 0) is 16.0 Å². The second-order valence-electron chi connectivity index (χ2n) is 6.69. The molecule has 1 saturated heterocycles. The highest BCUT2D eigenvalue weighted by atomic mass is 16.7. The van der Waals surface area contributed by atoms with E-state index in [0.717, 1.165) is 18.4 Å². The number of carbonyl (C=O) groups excluding carboxylic acids is 1. The minimum atomic E-state index is -0.752. The molecule has 6 nitrogen and oxygen atoms in total. The van der Waals surface area contributed by atoms with Crippen LogP contribution in [0.4, 0.5) is 0 Å². The maximum Gasteiger partial charge on any atom is 0.311 e. The lowest BCUT2D eigenvalue weighted by Gasteiger charge is -2.23. The molecule has 2 aliphatic heterocycles. The molecular formula is C17H19NO5. The zero-order chi connectivity index (χ0) is 16.0. The average Bonchev–Trinajstić information content (AvgIpc) is 3.20. The number of carboxylic acid groups (broad SMARTS) is 1. The molecule has 0 bridgehead atoms. The van der Waals surface area contributed by atoms with Gasteiger partial charge >= 0.3 is 5.97 Å². The van der Waals surface area contributed by atoms with Gasteiger partial charge in [0.2, 0.25) is 12.7 Å².